The SMILES string of the molecule is NCCCCNC(c1ccccn1)c1ccccn1. The Morgan fingerprint density at radius 2 is 1.58 bits per heavy atom. The monoisotopic (exact) mass is 256 g/mol. The van der Waals surface area contributed by atoms with Crippen LogP contribution in [0.5, 0.6) is 0 Å². The van der Waals surface area contributed by atoms with Crippen LogP contribution in [0.3, 0.4) is 0 Å². The first-order valence-electron chi connectivity index (χ1n) is 6.67. The van der Waals surface area contributed by atoms with Crippen LogP contribution in [0.1, 0.15) is 30.3 Å². The molecule has 3 N–H and O–H groups in total. The molecule has 0 aromatic carbocycles. The van der Waals surface area contributed by atoms with Crippen molar-refractivity contribution >= 4 is 0 Å². The van der Waals surface area contributed by atoms with E-state index in [-0.39, 0.29) is 6.04 Å². The predicted octanol–water partition coefficient (Wildman–Crippen LogP) is 1.89. The summed E-state index contributed by atoms with van der Waals surface area (Å²) in [5.74, 6) is 0. The van der Waals surface area contributed by atoms with E-state index in [1.807, 2.05) is 48.8 Å². The first-order valence-corrected chi connectivity index (χ1v) is 6.67. The van der Waals surface area contributed by atoms with E-state index in [9.17, 15) is 0 Å². The first-order chi connectivity index (χ1) is 9.42. The summed E-state index contributed by atoms with van der Waals surface area (Å²) in [6, 6.07) is 11.9. The smallest absolute Gasteiger partial charge is 0.0925 e. The van der Waals surface area contributed by atoms with Crippen molar-refractivity contribution in [2.45, 2.75) is 18.9 Å². The van der Waals surface area contributed by atoms with Crippen molar-refractivity contribution in [3.63, 3.8) is 0 Å². The Bertz CT molecular complexity index is 419. The predicted molar refractivity (Wildman–Crippen MR) is 76.6 cm³/mol. The fourth-order valence-corrected chi connectivity index (χ4v) is 1.97. The summed E-state index contributed by atoms with van der Waals surface area (Å²) < 4.78 is 0. The summed E-state index contributed by atoms with van der Waals surface area (Å²) >= 11 is 0. The third-order valence-electron chi connectivity index (χ3n) is 2.95. The quantitative estimate of drug-likeness (QED) is 0.743. The summed E-state index contributed by atoms with van der Waals surface area (Å²) in [6.07, 6.45) is 5.72. The van der Waals surface area contributed by atoms with Gasteiger partial charge in [-0.15, -0.1) is 0 Å². The standard InChI is InChI=1S/C15H20N4/c16-9-3-6-12-19-15(13-7-1-4-10-17-13)14-8-2-5-11-18-14/h1-2,4-5,7-8,10-11,15,19H,3,6,9,12,16H2. The zero-order chi connectivity index (χ0) is 13.3. The van der Waals surface area contributed by atoms with Crippen LogP contribution in [0.25, 0.3) is 0 Å². The number of nitrogens with zero attached hydrogens (tertiary/aromatic N) is 2. The van der Waals surface area contributed by atoms with Crippen molar-refractivity contribution in [2.24, 2.45) is 5.73 Å². The number of hydrogen-bond acceptors (Lipinski definition) is 4. The van der Waals surface area contributed by atoms with Crippen LogP contribution >= 0.6 is 0 Å². The minimum absolute atomic E-state index is 0.0418. The number of pyridine rings is 2. The zero-order valence-electron chi connectivity index (χ0n) is 11.0. The maximum atomic E-state index is 5.52. The molecule has 0 unspecified atom stereocenters. The molecule has 0 atom stereocenters. The van der Waals surface area contributed by atoms with Crippen LogP contribution < -0.4 is 11.1 Å². The molecule has 0 bridgehead atoms. The van der Waals surface area contributed by atoms with Crippen LogP contribution in [0, 0.1) is 0 Å². The van der Waals surface area contributed by atoms with Gasteiger partial charge in [-0.2, -0.15) is 0 Å². The van der Waals surface area contributed by atoms with Gasteiger partial charge in [-0.05, 0) is 50.2 Å². The normalized spacial score (nSPS) is 10.8. The molecule has 0 aliphatic rings. The lowest BCUT2D eigenvalue weighted by Crippen LogP contribution is -2.25. The van der Waals surface area contributed by atoms with Crippen LogP contribution in [0.2, 0.25) is 0 Å². The summed E-state index contributed by atoms with van der Waals surface area (Å²) in [5, 5.41) is 3.51. The highest BCUT2D eigenvalue weighted by Crippen LogP contribution is 2.17. The van der Waals surface area contributed by atoms with Crippen molar-refractivity contribution in [2.75, 3.05) is 13.1 Å². The van der Waals surface area contributed by atoms with Gasteiger partial charge in [-0.3, -0.25) is 9.97 Å². The second-order valence-electron chi connectivity index (χ2n) is 4.39. The Hall–Kier alpha value is -1.78. The van der Waals surface area contributed by atoms with Gasteiger partial charge in [0.2, 0.25) is 0 Å². The molecule has 2 heterocycles. The maximum Gasteiger partial charge on any atom is 0.0925 e. The number of unbranched alkanes of at least 4 members (excludes halogenated alkanes) is 1. The molecule has 19 heavy (non-hydrogen) atoms. The Balaban J connectivity index is 2.10. The lowest BCUT2D eigenvalue weighted by Gasteiger charge is -2.17. The van der Waals surface area contributed by atoms with Gasteiger partial charge in [-0.1, -0.05) is 12.1 Å². The number of hydrogen-bond donors (Lipinski definition) is 2. The van der Waals surface area contributed by atoms with Gasteiger partial charge >= 0.3 is 0 Å². The molecule has 100 valence electrons. The third kappa shape index (κ3) is 4.12. The van der Waals surface area contributed by atoms with Gasteiger partial charge in [0.25, 0.3) is 0 Å². The van der Waals surface area contributed by atoms with Crippen molar-refractivity contribution in [1.82, 2.24) is 15.3 Å². The van der Waals surface area contributed by atoms with E-state index >= 15 is 0 Å². The highest BCUT2D eigenvalue weighted by atomic mass is 15.0. The maximum absolute atomic E-state index is 5.52. The Morgan fingerprint density at radius 3 is 2.05 bits per heavy atom. The second-order valence-corrected chi connectivity index (χ2v) is 4.39. The van der Waals surface area contributed by atoms with Crippen LogP contribution in [-0.4, -0.2) is 23.1 Å². The highest BCUT2D eigenvalue weighted by Gasteiger charge is 2.15. The van der Waals surface area contributed by atoms with Gasteiger partial charge in [-0.25, -0.2) is 0 Å². The average Bonchev–Trinajstić information content (AvgIpc) is 2.49. The summed E-state index contributed by atoms with van der Waals surface area (Å²) in [6.45, 7) is 1.65. The fourth-order valence-electron chi connectivity index (χ4n) is 1.97. The lowest BCUT2D eigenvalue weighted by atomic mass is 10.1. The number of rotatable bonds is 7. The van der Waals surface area contributed by atoms with Gasteiger partial charge in [0, 0.05) is 12.4 Å². The van der Waals surface area contributed by atoms with Gasteiger partial charge < -0.3 is 11.1 Å². The summed E-state index contributed by atoms with van der Waals surface area (Å²) in [5.41, 5.74) is 7.50. The van der Waals surface area contributed by atoms with Crippen molar-refractivity contribution in [1.29, 1.82) is 0 Å². The van der Waals surface area contributed by atoms with E-state index in [4.69, 9.17) is 5.73 Å². The topological polar surface area (TPSA) is 63.8 Å². The number of nitrogens with one attached hydrogen (secondary N) is 1. The molecule has 0 radical (unpaired) electrons. The molecule has 0 spiro atoms. The Kier molecular flexibility index (Phi) is 5.47. The molecule has 0 amide bonds. The molecular weight excluding hydrogens is 236 g/mol. The molecule has 0 saturated carbocycles. The van der Waals surface area contributed by atoms with Crippen LogP contribution in [-0.2, 0) is 0 Å². The molecule has 0 fully saturated rings. The largest absolute Gasteiger partial charge is 0.330 e. The Labute approximate surface area is 114 Å². The number of aromatic nitrogens is 2. The molecule has 4 nitrogen and oxygen atoms in total. The van der Waals surface area contributed by atoms with Gasteiger partial charge in [0.15, 0.2) is 0 Å². The van der Waals surface area contributed by atoms with Crippen molar-refractivity contribution in [3.05, 3.63) is 60.2 Å². The van der Waals surface area contributed by atoms with E-state index in [2.05, 4.69) is 15.3 Å². The average molecular weight is 256 g/mol. The first kappa shape index (κ1) is 13.6. The minimum Gasteiger partial charge on any atom is -0.330 e. The van der Waals surface area contributed by atoms with Crippen LogP contribution in [0.15, 0.2) is 48.8 Å². The minimum atomic E-state index is 0.0418. The molecule has 4 heteroatoms. The molecule has 0 aliphatic heterocycles. The van der Waals surface area contributed by atoms with Crippen molar-refractivity contribution in [3.8, 4) is 0 Å². The van der Waals surface area contributed by atoms with E-state index in [1.165, 1.54) is 0 Å². The van der Waals surface area contributed by atoms with Gasteiger partial charge in [0.05, 0.1) is 17.4 Å². The summed E-state index contributed by atoms with van der Waals surface area (Å²) in [7, 11) is 0. The molecule has 2 aromatic rings. The van der Waals surface area contributed by atoms with E-state index in [0.29, 0.717) is 0 Å². The third-order valence-corrected chi connectivity index (χ3v) is 2.95. The van der Waals surface area contributed by atoms with Crippen molar-refractivity contribution < 1.29 is 0 Å². The molecule has 2 aromatic heterocycles. The van der Waals surface area contributed by atoms with E-state index in [0.717, 1.165) is 37.3 Å². The number of nitrogens with two attached hydrogens (primary N) is 1. The molecule has 0 aliphatic carbocycles. The Morgan fingerprint density at radius 1 is 0.947 bits per heavy atom. The highest BCUT2D eigenvalue weighted by molar-refractivity contribution is 5.21. The zero-order valence-corrected chi connectivity index (χ0v) is 11.0. The van der Waals surface area contributed by atoms with E-state index in [1.54, 1.807) is 0 Å². The summed E-state index contributed by atoms with van der Waals surface area (Å²) in [4.78, 5) is 8.85. The van der Waals surface area contributed by atoms with Crippen LogP contribution in [0.4, 0.5) is 0 Å². The fraction of sp³-hybridized carbons (Fsp3) is 0.333. The van der Waals surface area contributed by atoms with Gasteiger partial charge in [0.1, 0.15) is 0 Å². The lowest BCUT2D eigenvalue weighted by molar-refractivity contribution is 0.553. The molecular formula is C15H20N4. The molecule has 0 saturated heterocycles. The molecule has 2 rings (SSSR count). The second kappa shape index (κ2) is 7.61. The van der Waals surface area contributed by atoms with E-state index < -0.39 is 0 Å².